The molecule has 0 aliphatic rings. The molecular weight excluding hydrogens is 352 g/mol. The standard InChI is InChI=1S/C18H20N4O3S/c1-26(24,25)15-5-6-17-16(9-15)18(22-12-21-17)20-10-13(11-23)8-14-4-2-3-7-19-14/h2-7,9,12-13,23H,8,10-11H2,1H3,(H,20,21,22)/t13-/m1/s1. The van der Waals surface area contributed by atoms with E-state index in [9.17, 15) is 13.5 Å². The Morgan fingerprint density at radius 3 is 2.69 bits per heavy atom. The van der Waals surface area contributed by atoms with Gasteiger partial charge in [0.05, 0.1) is 10.4 Å². The molecule has 2 heterocycles. The smallest absolute Gasteiger partial charge is 0.175 e. The number of sulfone groups is 1. The average molecular weight is 372 g/mol. The van der Waals surface area contributed by atoms with Gasteiger partial charge in [0.1, 0.15) is 12.1 Å². The van der Waals surface area contributed by atoms with Crippen molar-refractivity contribution in [3.8, 4) is 0 Å². The van der Waals surface area contributed by atoms with Crippen LogP contribution in [-0.4, -0.2) is 47.9 Å². The maximum atomic E-state index is 11.8. The van der Waals surface area contributed by atoms with E-state index in [1.165, 1.54) is 18.6 Å². The van der Waals surface area contributed by atoms with Gasteiger partial charge in [0.15, 0.2) is 9.84 Å². The summed E-state index contributed by atoms with van der Waals surface area (Å²) in [6.45, 7) is 0.476. The van der Waals surface area contributed by atoms with Gasteiger partial charge in [-0.15, -0.1) is 0 Å². The monoisotopic (exact) mass is 372 g/mol. The van der Waals surface area contributed by atoms with Gasteiger partial charge < -0.3 is 10.4 Å². The predicted octanol–water partition coefficient (Wildman–Crippen LogP) is 1.69. The summed E-state index contributed by atoms with van der Waals surface area (Å²) in [5, 5.41) is 13.5. The van der Waals surface area contributed by atoms with Gasteiger partial charge >= 0.3 is 0 Å². The van der Waals surface area contributed by atoms with Crippen LogP contribution >= 0.6 is 0 Å². The van der Waals surface area contributed by atoms with E-state index in [4.69, 9.17) is 0 Å². The third-order valence-electron chi connectivity index (χ3n) is 4.08. The maximum Gasteiger partial charge on any atom is 0.175 e. The van der Waals surface area contributed by atoms with E-state index in [-0.39, 0.29) is 17.4 Å². The minimum atomic E-state index is -3.32. The van der Waals surface area contributed by atoms with Crippen molar-refractivity contribution in [3.05, 3.63) is 54.6 Å². The SMILES string of the molecule is CS(=O)(=O)c1ccc2ncnc(NC[C@H](CO)Cc3ccccn3)c2c1. The Hall–Kier alpha value is -2.58. The van der Waals surface area contributed by atoms with Gasteiger partial charge in [-0.1, -0.05) is 6.07 Å². The lowest BCUT2D eigenvalue weighted by Gasteiger charge is -2.16. The molecule has 3 rings (SSSR count). The normalized spacial score (nSPS) is 12.8. The van der Waals surface area contributed by atoms with Crippen LogP contribution in [0.2, 0.25) is 0 Å². The van der Waals surface area contributed by atoms with Crippen molar-refractivity contribution >= 4 is 26.6 Å². The summed E-state index contributed by atoms with van der Waals surface area (Å²) in [5.41, 5.74) is 1.56. The van der Waals surface area contributed by atoms with Crippen LogP contribution in [0.5, 0.6) is 0 Å². The number of anilines is 1. The molecule has 136 valence electrons. The molecule has 2 aromatic heterocycles. The maximum absolute atomic E-state index is 11.8. The molecule has 7 nitrogen and oxygen atoms in total. The first-order valence-corrected chi connectivity index (χ1v) is 10.1. The third kappa shape index (κ3) is 4.33. The Balaban J connectivity index is 1.81. The van der Waals surface area contributed by atoms with E-state index in [1.807, 2.05) is 18.2 Å². The molecule has 3 aromatic rings. The van der Waals surface area contributed by atoms with Crippen LogP contribution in [0, 0.1) is 5.92 Å². The molecule has 0 fully saturated rings. The molecule has 26 heavy (non-hydrogen) atoms. The lowest BCUT2D eigenvalue weighted by Crippen LogP contribution is -2.21. The zero-order chi connectivity index (χ0) is 18.6. The molecule has 0 aliphatic heterocycles. The fourth-order valence-corrected chi connectivity index (χ4v) is 3.31. The van der Waals surface area contributed by atoms with Crippen LogP contribution in [0.4, 0.5) is 5.82 Å². The molecule has 8 heteroatoms. The fourth-order valence-electron chi connectivity index (χ4n) is 2.66. The minimum absolute atomic E-state index is 0.00117. The quantitative estimate of drug-likeness (QED) is 0.650. The zero-order valence-electron chi connectivity index (χ0n) is 14.3. The van der Waals surface area contributed by atoms with Crippen molar-refractivity contribution in [2.75, 3.05) is 24.7 Å². The van der Waals surface area contributed by atoms with E-state index < -0.39 is 9.84 Å². The summed E-state index contributed by atoms with van der Waals surface area (Å²) in [7, 11) is -3.32. The number of benzene rings is 1. The van der Waals surface area contributed by atoms with Gasteiger partial charge in [-0.05, 0) is 36.8 Å². The molecule has 0 saturated heterocycles. The van der Waals surface area contributed by atoms with Crippen LogP contribution < -0.4 is 5.32 Å². The van der Waals surface area contributed by atoms with E-state index in [0.29, 0.717) is 29.7 Å². The topological polar surface area (TPSA) is 105 Å². The Morgan fingerprint density at radius 1 is 1.15 bits per heavy atom. The van der Waals surface area contributed by atoms with Gasteiger partial charge in [0.2, 0.25) is 0 Å². The average Bonchev–Trinajstić information content (AvgIpc) is 2.64. The molecular formula is C18H20N4O3S. The third-order valence-corrected chi connectivity index (χ3v) is 5.19. The molecule has 1 atom stereocenters. The van der Waals surface area contributed by atoms with E-state index in [0.717, 1.165) is 5.69 Å². The number of aliphatic hydroxyl groups excluding tert-OH is 1. The second-order valence-electron chi connectivity index (χ2n) is 6.13. The lowest BCUT2D eigenvalue weighted by atomic mass is 10.0. The number of rotatable bonds is 7. The molecule has 0 radical (unpaired) electrons. The molecule has 0 bridgehead atoms. The van der Waals surface area contributed by atoms with E-state index in [2.05, 4.69) is 20.3 Å². The van der Waals surface area contributed by atoms with Crippen LogP contribution in [0.15, 0.2) is 53.8 Å². The highest BCUT2D eigenvalue weighted by atomic mass is 32.2. The number of hydrogen-bond acceptors (Lipinski definition) is 7. The van der Waals surface area contributed by atoms with Crippen molar-refractivity contribution < 1.29 is 13.5 Å². The molecule has 0 unspecified atom stereocenters. The number of aromatic nitrogens is 3. The van der Waals surface area contributed by atoms with Gasteiger partial charge in [-0.3, -0.25) is 4.98 Å². The predicted molar refractivity (Wildman–Crippen MR) is 99.7 cm³/mol. The highest BCUT2D eigenvalue weighted by molar-refractivity contribution is 7.90. The minimum Gasteiger partial charge on any atom is -0.396 e. The largest absolute Gasteiger partial charge is 0.396 e. The van der Waals surface area contributed by atoms with Crippen molar-refractivity contribution in [1.29, 1.82) is 0 Å². The van der Waals surface area contributed by atoms with Crippen LogP contribution in [-0.2, 0) is 16.3 Å². The number of fused-ring (bicyclic) bond motifs is 1. The van der Waals surface area contributed by atoms with Crippen LogP contribution in [0.25, 0.3) is 10.9 Å². The second kappa shape index (κ2) is 7.76. The summed E-state index contributed by atoms with van der Waals surface area (Å²) in [6.07, 6.45) is 4.95. The molecule has 1 aromatic carbocycles. The summed E-state index contributed by atoms with van der Waals surface area (Å²) in [4.78, 5) is 12.9. The number of pyridine rings is 1. The Morgan fingerprint density at radius 2 is 2.00 bits per heavy atom. The van der Waals surface area contributed by atoms with Crippen molar-refractivity contribution in [2.24, 2.45) is 5.92 Å². The van der Waals surface area contributed by atoms with Crippen LogP contribution in [0.1, 0.15) is 5.69 Å². The number of nitrogens with zero attached hydrogens (tertiary/aromatic N) is 3. The zero-order valence-corrected chi connectivity index (χ0v) is 15.1. The number of aliphatic hydroxyl groups is 1. The van der Waals surface area contributed by atoms with E-state index >= 15 is 0 Å². The number of hydrogen-bond donors (Lipinski definition) is 2. The summed E-state index contributed by atoms with van der Waals surface area (Å²) in [6, 6.07) is 10.4. The van der Waals surface area contributed by atoms with Gasteiger partial charge in [0.25, 0.3) is 0 Å². The molecule has 0 aliphatic carbocycles. The first-order valence-electron chi connectivity index (χ1n) is 8.17. The van der Waals surface area contributed by atoms with E-state index in [1.54, 1.807) is 18.3 Å². The molecule has 2 N–H and O–H groups in total. The first-order chi connectivity index (χ1) is 12.5. The summed E-state index contributed by atoms with van der Waals surface area (Å²) < 4.78 is 23.6. The fraction of sp³-hybridized carbons (Fsp3) is 0.278. The lowest BCUT2D eigenvalue weighted by molar-refractivity contribution is 0.232. The molecule has 0 spiro atoms. The Bertz CT molecular complexity index is 994. The summed E-state index contributed by atoms with van der Waals surface area (Å²) in [5.74, 6) is 0.493. The highest BCUT2D eigenvalue weighted by Crippen LogP contribution is 2.23. The first kappa shape index (κ1) is 18.2. The molecule has 0 saturated carbocycles. The highest BCUT2D eigenvalue weighted by Gasteiger charge is 2.13. The summed E-state index contributed by atoms with van der Waals surface area (Å²) >= 11 is 0. The Kier molecular flexibility index (Phi) is 5.43. The Labute approximate surface area is 152 Å². The second-order valence-corrected chi connectivity index (χ2v) is 8.14. The number of nitrogens with one attached hydrogen (secondary N) is 1. The van der Waals surface area contributed by atoms with Crippen LogP contribution in [0.3, 0.4) is 0 Å². The molecule has 0 amide bonds. The van der Waals surface area contributed by atoms with Crippen molar-refractivity contribution in [2.45, 2.75) is 11.3 Å². The van der Waals surface area contributed by atoms with Crippen molar-refractivity contribution in [1.82, 2.24) is 15.0 Å². The van der Waals surface area contributed by atoms with Crippen molar-refractivity contribution in [3.63, 3.8) is 0 Å². The van der Waals surface area contributed by atoms with Gasteiger partial charge in [-0.2, -0.15) is 0 Å². The van der Waals surface area contributed by atoms with Gasteiger partial charge in [-0.25, -0.2) is 18.4 Å². The van der Waals surface area contributed by atoms with Gasteiger partial charge in [0, 0.05) is 42.6 Å².